The molecule has 0 spiro atoms. The lowest BCUT2D eigenvalue weighted by Gasteiger charge is -2.17. The quantitative estimate of drug-likeness (QED) is 0.523. The van der Waals surface area contributed by atoms with Gasteiger partial charge in [0.25, 0.3) is 0 Å². The zero-order chi connectivity index (χ0) is 12.5. The average molecular weight is 237 g/mol. The molecule has 17 heavy (non-hydrogen) atoms. The van der Waals surface area contributed by atoms with E-state index < -0.39 is 0 Å². The number of hydrogen-bond donors (Lipinski definition) is 2. The molecule has 1 amide bonds. The molecule has 0 heterocycles. The molecule has 1 aliphatic carbocycles. The number of hydrogen-bond acceptors (Lipinski definition) is 2. The molecule has 96 valence electrons. The van der Waals surface area contributed by atoms with Crippen molar-refractivity contribution < 1.29 is 9.90 Å². The highest BCUT2D eigenvalue weighted by Crippen LogP contribution is 2.30. The van der Waals surface area contributed by atoms with E-state index >= 15 is 0 Å². The molecule has 2 atom stereocenters. The first-order valence-corrected chi connectivity index (χ1v) is 6.59. The number of rotatable bonds is 7. The van der Waals surface area contributed by atoms with Gasteiger partial charge in [0.15, 0.2) is 0 Å². The predicted octanol–water partition coefficient (Wildman–Crippen LogP) is 1.70. The second-order valence-corrected chi connectivity index (χ2v) is 4.85. The van der Waals surface area contributed by atoms with E-state index in [9.17, 15) is 9.90 Å². The highest BCUT2D eigenvalue weighted by Gasteiger charge is 2.26. The molecule has 3 nitrogen and oxygen atoms in total. The Balaban J connectivity index is 2.09. The fraction of sp³-hybridized carbons (Fsp3) is 0.786. The largest absolute Gasteiger partial charge is 0.396 e. The molecule has 1 fully saturated rings. The van der Waals surface area contributed by atoms with E-state index in [1.807, 2.05) is 0 Å². The van der Waals surface area contributed by atoms with Crippen LogP contribution in [-0.4, -0.2) is 24.2 Å². The van der Waals surface area contributed by atoms with Gasteiger partial charge in [0.2, 0.25) is 5.91 Å². The summed E-state index contributed by atoms with van der Waals surface area (Å²) in [6, 6.07) is 0. The van der Waals surface area contributed by atoms with Gasteiger partial charge in [0.1, 0.15) is 0 Å². The summed E-state index contributed by atoms with van der Waals surface area (Å²) in [4.78, 5) is 11.5. The van der Waals surface area contributed by atoms with Gasteiger partial charge in [-0.3, -0.25) is 4.79 Å². The van der Waals surface area contributed by atoms with E-state index in [0.717, 1.165) is 38.6 Å². The van der Waals surface area contributed by atoms with Crippen molar-refractivity contribution >= 4 is 5.91 Å². The third-order valence-corrected chi connectivity index (χ3v) is 3.59. The fourth-order valence-corrected chi connectivity index (χ4v) is 2.47. The number of carbonyl (C=O) groups excluding carboxylic acids is 1. The number of aliphatic hydroxyl groups excluding tert-OH is 1. The smallest absolute Gasteiger partial charge is 0.220 e. The highest BCUT2D eigenvalue weighted by atomic mass is 16.3. The molecule has 1 saturated carbocycles. The van der Waals surface area contributed by atoms with Crippen molar-refractivity contribution in [3.63, 3.8) is 0 Å². The number of aliphatic hydroxyl groups is 1. The second-order valence-electron chi connectivity index (χ2n) is 4.85. The Labute approximate surface area is 104 Å². The first-order chi connectivity index (χ1) is 8.27. The zero-order valence-corrected chi connectivity index (χ0v) is 10.5. The van der Waals surface area contributed by atoms with Crippen LogP contribution in [0.25, 0.3) is 0 Å². The van der Waals surface area contributed by atoms with Crippen LogP contribution < -0.4 is 5.32 Å². The van der Waals surface area contributed by atoms with Crippen molar-refractivity contribution in [3.05, 3.63) is 0 Å². The van der Waals surface area contributed by atoms with Crippen LogP contribution in [0.5, 0.6) is 0 Å². The van der Waals surface area contributed by atoms with Gasteiger partial charge in [-0.15, -0.1) is 12.3 Å². The Bertz CT molecular complexity index is 270. The van der Waals surface area contributed by atoms with Crippen molar-refractivity contribution in [2.75, 3.05) is 13.2 Å². The molecular weight excluding hydrogens is 214 g/mol. The Kier molecular flexibility index (Phi) is 6.73. The average Bonchev–Trinajstić information content (AvgIpc) is 2.79. The lowest BCUT2D eigenvalue weighted by Crippen LogP contribution is -2.31. The van der Waals surface area contributed by atoms with Crippen molar-refractivity contribution in [3.8, 4) is 12.3 Å². The van der Waals surface area contributed by atoms with Crippen LogP contribution in [-0.2, 0) is 4.79 Å². The van der Waals surface area contributed by atoms with E-state index in [2.05, 4.69) is 11.2 Å². The molecular formula is C14H23NO2. The number of carbonyl (C=O) groups is 1. The summed E-state index contributed by atoms with van der Waals surface area (Å²) < 4.78 is 0. The van der Waals surface area contributed by atoms with Crippen LogP contribution in [0.2, 0.25) is 0 Å². The topological polar surface area (TPSA) is 49.3 Å². The number of terminal acetylenes is 1. The summed E-state index contributed by atoms with van der Waals surface area (Å²) in [6.07, 6.45) is 11.7. The van der Waals surface area contributed by atoms with Gasteiger partial charge in [0, 0.05) is 26.0 Å². The SMILES string of the molecule is C#CCCCCC(=O)NCC1CCCC1CO. The monoisotopic (exact) mass is 237 g/mol. The van der Waals surface area contributed by atoms with Crippen LogP contribution >= 0.6 is 0 Å². The molecule has 2 N–H and O–H groups in total. The summed E-state index contributed by atoms with van der Waals surface area (Å²) in [7, 11) is 0. The minimum absolute atomic E-state index is 0.116. The predicted molar refractivity (Wildman–Crippen MR) is 68.2 cm³/mol. The molecule has 2 unspecified atom stereocenters. The Morgan fingerprint density at radius 3 is 2.82 bits per heavy atom. The van der Waals surface area contributed by atoms with Crippen molar-refractivity contribution in [1.29, 1.82) is 0 Å². The van der Waals surface area contributed by atoms with Gasteiger partial charge in [-0.2, -0.15) is 0 Å². The first-order valence-electron chi connectivity index (χ1n) is 6.59. The van der Waals surface area contributed by atoms with Crippen LogP contribution in [0.1, 0.15) is 44.9 Å². The fourth-order valence-electron chi connectivity index (χ4n) is 2.47. The second kappa shape index (κ2) is 8.14. The Morgan fingerprint density at radius 1 is 1.35 bits per heavy atom. The molecule has 0 aromatic rings. The summed E-state index contributed by atoms with van der Waals surface area (Å²) in [6.45, 7) is 0.974. The van der Waals surface area contributed by atoms with Crippen molar-refractivity contribution in [2.24, 2.45) is 11.8 Å². The van der Waals surface area contributed by atoms with E-state index in [1.165, 1.54) is 6.42 Å². The lowest BCUT2D eigenvalue weighted by atomic mass is 9.97. The van der Waals surface area contributed by atoms with Gasteiger partial charge in [-0.1, -0.05) is 6.42 Å². The van der Waals surface area contributed by atoms with Crippen LogP contribution in [0.15, 0.2) is 0 Å². The van der Waals surface area contributed by atoms with Gasteiger partial charge < -0.3 is 10.4 Å². The van der Waals surface area contributed by atoms with E-state index in [1.54, 1.807) is 0 Å². The van der Waals surface area contributed by atoms with Gasteiger partial charge >= 0.3 is 0 Å². The summed E-state index contributed by atoms with van der Waals surface area (Å²) in [5, 5.41) is 12.1. The van der Waals surface area contributed by atoms with Gasteiger partial charge in [-0.05, 0) is 37.5 Å². The molecule has 0 radical (unpaired) electrons. The van der Waals surface area contributed by atoms with Gasteiger partial charge in [0.05, 0.1) is 0 Å². The standard InChI is InChI=1S/C14H23NO2/c1-2-3-4-5-9-14(17)15-10-12-7-6-8-13(12)11-16/h1,12-13,16H,3-11H2,(H,15,17). The maximum atomic E-state index is 11.5. The van der Waals surface area contributed by atoms with Crippen LogP contribution in [0, 0.1) is 24.2 Å². The van der Waals surface area contributed by atoms with Crippen LogP contribution in [0.3, 0.4) is 0 Å². The maximum absolute atomic E-state index is 11.5. The molecule has 1 rings (SSSR count). The summed E-state index contributed by atoms with van der Waals surface area (Å²) in [5.41, 5.74) is 0. The normalized spacial score (nSPS) is 23.3. The summed E-state index contributed by atoms with van der Waals surface area (Å²) >= 11 is 0. The molecule has 3 heteroatoms. The number of amides is 1. The molecule has 0 bridgehead atoms. The van der Waals surface area contributed by atoms with Crippen molar-refractivity contribution in [2.45, 2.75) is 44.9 Å². The minimum Gasteiger partial charge on any atom is -0.396 e. The third kappa shape index (κ3) is 5.23. The molecule has 0 saturated heterocycles. The minimum atomic E-state index is 0.116. The molecule has 0 aromatic heterocycles. The summed E-state index contributed by atoms with van der Waals surface area (Å²) in [5.74, 6) is 3.54. The van der Waals surface area contributed by atoms with Gasteiger partial charge in [-0.25, -0.2) is 0 Å². The van der Waals surface area contributed by atoms with E-state index in [4.69, 9.17) is 6.42 Å². The maximum Gasteiger partial charge on any atom is 0.220 e. The number of nitrogens with one attached hydrogen (secondary N) is 1. The van der Waals surface area contributed by atoms with Crippen molar-refractivity contribution in [1.82, 2.24) is 5.32 Å². The number of unbranched alkanes of at least 4 members (excludes halogenated alkanes) is 2. The third-order valence-electron chi connectivity index (χ3n) is 3.59. The van der Waals surface area contributed by atoms with E-state index in [0.29, 0.717) is 18.3 Å². The Hall–Kier alpha value is -1.01. The zero-order valence-electron chi connectivity index (χ0n) is 10.5. The molecule has 0 aliphatic heterocycles. The molecule has 0 aromatic carbocycles. The highest BCUT2D eigenvalue weighted by molar-refractivity contribution is 5.75. The Morgan fingerprint density at radius 2 is 2.12 bits per heavy atom. The van der Waals surface area contributed by atoms with E-state index in [-0.39, 0.29) is 12.5 Å². The first kappa shape index (κ1) is 14.1. The lowest BCUT2D eigenvalue weighted by molar-refractivity contribution is -0.121. The molecule has 1 aliphatic rings. The van der Waals surface area contributed by atoms with Crippen LogP contribution in [0.4, 0.5) is 0 Å².